The lowest BCUT2D eigenvalue weighted by Crippen LogP contribution is -2.43. The molecule has 1 aliphatic carbocycles. The van der Waals surface area contributed by atoms with Gasteiger partial charge < -0.3 is 5.32 Å². The summed E-state index contributed by atoms with van der Waals surface area (Å²) in [5.41, 5.74) is 0.121. The minimum Gasteiger partial charge on any atom is -0.352 e. The van der Waals surface area contributed by atoms with Crippen molar-refractivity contribution >= 4 is 21.6 Å². The first kappa shape index (κ1) is 18.4. The topological polar surface area (TPSA) is 66.5 Å². The number of anilines is 1. The van der Waals surface area contributed by atoms with E-state index in [1.165, 1.54) is 30.3 Å². The van der Waals surface area contributed by atoms with Crippen molar-refractivity contribution in [2.75, 3.05) is 10.8 Å². The minimum absolute atomic E-state index is 0.0536. The van der Waals surface area contributed by atoms with Gasteiger partial charge in [-0.05, 0) is 43.2 Å². The Morgan fingerprint density at radius 2 is 1.77 bits per heavy atom. The molecule has 1 fully saturated rings. The van der Waals surface area contributed by atoms with Crippen LogP contribution in [-0.4, -0.2) is 26.9 Å². The van der Waals surface area contributed by atoms with Crippen LogP contribution < -0.4 is 9.62 Å². The number of rotatable bonds is 6. The number of benzene rings is 2. The molecule has 0 aliphatic heterocycles. The van der Waals surface area contributed by atoms with Gasteiger partial charge in [0, 0.05) is 6.04 Å². The predicted octanol–water partition coefficient (Wildman–Crippen LogP) is 3.08. The number of hydrogen-bond donors (Lipinski definition) is 1. The number of nitrogens with zero attached hydrogens (tertiary/aromatic N) is 1. The lowest BCUT2D eigenvalue weighted by molar-refractivity contribution is -0.120. The van der Waals surface area contributed by atoms with E-state index in [0.29, 0.717) is 0 Å². The maximum absolute atomic E-state index is 13.7. The van der Waals surface area contributed by atoms with Crippen molar-refractivity contribution < 1.29 is 17.6 Å². The van der Waals surface area contributed by atoms with E-state index in [1.807, 2.05) is 0 Å². The van der Waals surface area contributed by atoms with E-state index in [9.17, 15) is 17.6 Å². The van der Waals surface area contributed by atoms with E-state index in [4.69, 9.17) is 0 Å². The van der Waals surface area contributed by atoms with Gasteiger partial charge in [-0.1, -0.05) is 37.1 Å². The molecule has 3 rings (SSSR count). The summed E-state index contributed by atoms with van der Waals surface area (Å²) in [6, 6.07) is 13.2. The highest BCUT2D eigenvalue weighted by Gasteiger charge is 2.28. The number of carbonyl (C=O) groups is 1. The summed E-state index contributed by atoms with van der Waals surface area (Å²) in [5.74, 6) is -0.951. The monoisotopic (exact) mass is 376 g/mol. The fourth-order valence-corrected chi connectivity index (χ4v) is 4.57. The Labute approximate surface area is 152 Å². The third-order valence-electron chi connectivity index (χ3n) is 4.43. The van der Waals surface area contributed by atoms with Gasteiger partial charge in [0.05, 0.1) is 10.6 Å². The van der Waals surface area contributed by atoms with Crippen LogP contribution in [0, 0.1) is 5.82 Å². The summed E-state index contributed by atoms with van der Waals surface area (Å²) in [5, 5.41) is 2.88. The van der Waals surface area contributed by atoms with Gasteiger partial charge >= 0.3 is 0 Å². The summed E-state index contributed by atoms with van der Waals surface area (Å²) in [7, 11) is -3.99. The van der Waals surface area contributed by atoms with Crippen molar-refractivity contribution in [3.8, 4) is 0 Å². The van der Waals surface area contributed by atoms with Crippen LogP contribution in [0.25, 0.3) is 0 Å². The number of halogens is 1. The van der Waals surface area contributed by atoms with Crippen LogP contribution in [-0.2, 0) is 14.8 Å². The molecule has 138 valence electrons. The number of amides is 1. The van der Waals surface area contributed by atoms with Gasteiger partial charge in [0.15, 0.2) is 0 Å². The van der Waals surface area contributed by atoms with Gasteiger partial charge in [-0.3, -0.25) is 9.10 Å². The predicted molar refractivity (Wildman–Crippen MR) is 97.8 cm³/mol. The largest absolute Gasteiger partial charge is 0.352 e. The number of carbonyl (C=O) groups excluding carboxylic acids is 1. The zero-order chi connectivity index (χ0) is 18.6. The van der Waals surface area contributed by atoms with Gasteiger partial charge in [0.1, 0.15) is 12.4 Å². The average molecular weight is 376 g/mol. The molecular weight excluding hydrogens is 355 g/mol. The van der Waals surface area contributed by atoms with Crippen molar-refractivity contribution in [1.29, 1.82) is 0 Å². The zero-order valence-electron chi connectivity index (χ0n) is 14.3. The van der Waals surface area contributed by atoms with Crippen LogP contribution in [0.4, 0.5) is 10.1 Å². The molecule has 2 aromatic carbocycles. The Balaban J connectivity index is 1.90. The molecule has 1 N–H and O–H groups in total. The standard InChI is InChI=1S/C19H21FN2O3S/c20-15-7-6-10-17(13-15)22(14-19(23)21-16-8-4-5-9-16)26(24,25)18-11-2-1-3-12-18/h1-3,6-7,10-13,16H,4-5,8-9,14H2,(H,21,23). The van der Waals surface area contributed by atoms with Crippen LogP contribution >= 0.6 is 0 Å². The van der Waals surface area contributed by atoms with Crippen LogP contribution in [0.15, 0.2) is 59.5 Å². The van der Waals surface area contributed by atoms with Gasteiger partial charge in [0.2, 0.25) is 5.91 Å². The maximum Gasteiger partial charge on any atom is 0.264 e. The number of hydrogen-bond acceptors (Lipinski definition) is 3. The highest BCUT2D eigenvalue weighted by molar-refractivity contribution is 7.92. The van der Waals surface area contributed by atoms with Gasteiger partial charge in [-0.25, -0.2) is 12.8 Å². The molecule has 1 amide bonds. The normalized spacial score (nSPS) is 15.0. The first-order valence-electron chi connectivity index (χ1n) is 8.59. The van der Waals surface area contributed by atoms with E-state index < -0.39 is 22.4 Å². The van der Waals surface area contributed by atoms with Gasteiger partial charge in [-0.15, -0.1) is 0 Å². The second-order valence-corrected chi connectivity index (χ2v) is 8.22. The second kappa shape index (κ2) is 7.86. The molecule has 1 aliphatic rings. The smallest absolute Gasteiger partial charge is 0.264 e. The molecule has 0 saturated heterocycles. The van der Waals surface area contributed by atoms with E-state index in [0.717, 1.165) is 36.1 Å². The third kappa shape index (κ3) is 4.22. The van der Waals surface area contributed by atoms with Crippen molar-refractivity contribution in [3.63, 3.8) is 0 Å². The number of nitrogens with one attached hydrogen (secondary N) is 1. The van der Waals surface area contributed by atoms with E-state index in [1.54, 1.807) is 18.2 Å². The highest BCUT2D eigenvalue weighted by Crippen LogP contribution is 2.24. The Kier molecular flexibility index (Phi) is 5.56. The highest BCUT2D eigenvalue weighted by atomic mass is 32.2. The minimum atomic E-state index is -3.99. The first-order chi connectivity index (χ1) is 12.5. The van der Waals surface area contributed by atoms with Crippen LogP contribution in [0.3, 0.4) is 0 Å². The third-order valence-corrected chi connectivity index (χ3v) is 6.22. The Morgan fingerprint density at radius 3 is 2.42 bits per heavy atom. The van der Waals surface area contributed by atoms with Crippen molar-refractivity contribution in [2.45, 2.75) is 36.6 Å². The Morgan fingerprint density at radius 1 is 1.08 bits per heavy atom. The maximum atomic E-state index is 13.7. The molecule has 0 bridgehead atoms. The van der Waals surface area contributed by atoms with E-state index >= 15 is 0 Å². The summed E-state index contributed by atoms with van der Waals surface area (Å²) >= 11 is 0. The van der Waals surface area contributed by atoms with E-state index in [2.05, 4.69) is 5.32 Å². The summed E-state index contributed by atoms with van der Waals surface area (Å²) in [4.78, 5) is 12.5. The summed E-state index contributed by atoms with van der Waals surface area (Å²) in [6.07, 6.45) is 3.91. The average Bonchev–Trinajstić information content (AvgIpc) is 3.13. The summed E-state index contributed by atoms with van der Waals surface area (Å²) in [6.45, 7) is -0.392. The molecule has 0 heterocycles. The molecule has 0 aromatic heterocycles. The molecule has 1 saturated carbocycles. The quantitative estimate of drug-likeness (QED) is 0.843. The van der Waals surface area contributed by atoms with Gasteiger partial charge in [-0.2, -0.15) is 0 Å². The lowest BCUT2D eigenvalue weighted by Gasteiger charge is -2.25. The molecule has 2 aromatic rings. The molecule has 26 heavy (non-hydrogen) atoms. The van der Waals surface area contributed by atoms with Crippen LogP contribution in [0.5, 0.6) is 0 Å². The SMILES string of the molecule is O=C(CN(c1cccc(F)c1)S(=O)(=O)c1ccccc1)NC1CCCC1. The van der Waals surface area contributed by atoms with Crippen molar-refractivity contribution in [1.82, 2.24) is 5.32 Å². The Hall–Kier alpha value is -2.41. The summed E-state index contributed by atoms with van der Waals surface area (Å²) < 4.78 is 40.7. The van der Waals surface area contributed by atoms with Crippen molar-refractivity contribution in [2.24, 2.45) is 0 Å². The molecule has 7 heteroatoms. The fraction of sp³-hybridized carbons (Fsp3) is 0.316. The van der Waals surface area contributed by atoms with Crippen LogP contribution in [0.2, 0.25) is 0 Å². The number of sulfonamides is 1. The Bertz CT molecular complexity index is 865. The van der Waals surface area contributed by atoms with E-state index in [-0.39, 0.29) is 22.5 Å². The van der Waals surface area contributed by atoms with Crippen LogP contribution in [0.1, 0.15) is 25.7 Å². The lowest BCUT2D eigenvalue weighted by atomic mass is 10.2. The molecule has 0 atom stereocenters. The molecule has 0 radical (unpaired) electrons. The second-order valence-electron chi connectivity index (χ2n) is 6.35. The molecule has 0 unspecified atom stereocenters. The fourth-order valence-electron chi connectivity index (χ4n) is 3.14. The first-order valence-corrected chi connectivity index (χ1v) is 10.0. The zero-order valence-corrected chi connectivity index (χ0v) is 15.1. The van der Waals surface area contributed by atoms with Gasteiger partial charge in [0.25, 0.3) is 10.0 Å². The molecular formula is C19H21FN2O3S. The molecule has 5 nitrogen and oxygen atoms in total. The van der Waals surface area contributed by atoms with Crippen molar-refractivity contribution in [3.05, 3.63) is 60.4 Å². The molecule has 0 spiro atoms.